The van der Waals surface area contributed by atoms with E-state index in [1.54, 1.807) is 31.0 Å². The van der Waals surface area contributed by atoms with Crippen LogP contribution in [-0.4, -0.2) is 71.2 Å². The molecule has 0 aromatic heterocycles. The molecule has 0 radical (unpaired) electrons. The van der Waals surface area contributed by atoms with Crippen LogP contribution in [0.5, 0.6) is 0 Å². The van der Waals surface area contributed by atoms with Crippen LogP contribution in [-0.2, 0) is 16.0 Å². The summed E-state index contributed by atoms with van der Waals surface area (Å²) >= 11 is 0. The van der Waals surface area contributed by atoms with Crippen molar-refractivity contribution < 1.29 is 18.8 Å². The van der Waals surface area contributed by atoms with Crippen LogP contribution in [0.15, 0.2) is 48.5 Å². The van der Waals surface area contributed by atoms with Gasteiger partial charge in [-0.3, -0.25) is 14.4 Å². The smallest absolute Gasteiger partial charge is 0.254 e. The summed E-state index contributed by atoms with van der Waals surface area (Å²) < 4.78 is 13.9. The van der Waals surface area contributed by atoms with Crippen molar-refractivity contribution in [2.24, 2.45) is 0 Å². The molecule has 0 N–H and O–H groups in total. The Balaban J connectivity index is 1.51. The monoisotopic (exact) mass is 409 g/mol. The Morgan fingerprint density at radius 2 is 1.80 bits per heavy atom. The van der Waals surface area contributed by atoms with Gasteiger partial charge in [-0.05, 0) is 30.2 Å². The predicted octanol–water partition coefficient (Wildman–Crippen LogP) is 1.87. The number of likely N-dealkylation sites (N-methyl/N-ethyl adjacent to an activating group) is 1. The van der Waals surface area contributed by atoms with Crippen LogP contribution in [0.3, 0.4) is 0 Å². The number of aryl methyl sites for hydroxylation is 1. The maximum absolute atomic E-state index is 13.9. The molecule has 2 saturated heterocycles. The zero-order valence-electron chi connectivity index (χ0n) is 17.0. The molecule has 0 spiro atoms. The highest BCUT2D eigenvalue weighted by atomic mass is 19.1. The summed E-state index contributed by atoms with van der Waals surface area (Å²) in [5.74, 6) is -1.04. The van der Waals surface area contributed by atoms with Gasteiger partial charge in [0.1, 0.15) is 17.9 Å². The van der Waals surface area contributed by atoms with Crippen molar-refractivity contribution in [1.82, 2.24) is 14.7 Å². The Hall–Kier alpha value is -3.22. The molecule has 3 amide bonds. The molecule has 2 aliphatic heterocycles. The number of carbonyl (C=O) groups is 3. The third-order valence-corrected chi connectivity index (χ3v) is 6.03. The van der Waals surface area contributed by atoms with Crippen molar-refractivity contribution in [1.29, 1.82) is 0 Å². The van der Waals surface area contributed by atoms with Crippen LogP contribution < -0.4 is 0 Å². The molecule has 2 fully saturated rings. The number of amides is 3. The van der Waals surface area contributed by atoms with Gasteiger partial charge in [-0.25, -0.2) is 4.39 Å². The molecule has 0 unspecified atom stereocenters. The van der Waals surface area contributed by atoms with Gasteiger partial charge in [0.15, 0.2) is 0 Å². The fourth-order valence-electron chi connectivity index (χ4n) is 4.16. The van der Waals surface area contributed by atoms with Crippen LogP contribution >= 0.6 is 0 Å². The van der Waals surface area contributed by atoms with E-state index >= 15 is 0 Å². The lowest BCUT2D eigenvalue weighted by Gasteiger charge is -2.48. The van der Waals surface area contributed by atoms with Gasteiger partial charge in [-0.2, -0.15) is 0 Å². The van der Waals surface area contributed by atoms with E-state index in [0.29, 0.717) is 18.5 Å². The normalized spacial score (nSPS) is 21.6. The topological polar surface area (TPSA) is 60.9 Å². The molecule has 0 saturated carbocycles. The van der Waals surface area contributed by atoms with Crippen molar-refractivity contribution in [2.45, 2.75) is 25.4 Å². The van der Waals surface area contributed by atoms with Crippen molar-refractivity contribution in [3.05, 3.63) is 71.0 Å². The molecular formula is C23H24FN3O3. The van der Waals surface area contributed by atoms with E-state index in [9.17, 15) is 18.8 Å². The number of halogens is 1. The van der Waals surface area contributed by atoms with Crippen molar-refractivity contribution in [3.63, 3.8) is 0 Å². The summed E-state index contributed by atoms with van der Waals surface area (Å²) in [6, 6.07) is 12.7. The van der Waals surface area contributed by atoms with Gasteiger partial charge in [0.25, 0.3) is 5.91 Å². The summed E-state index contributed by atoms with van der Waals surface area (Å²) in [7, 11) is 1.64. The third kappa shape index (κ3) is 3.56. The molecule has 0 bridgehead atoms. The second-order valence-electron chi connectivity index (χ2n) is 7.92. The highest BCUT2D eigenvalue weighted by Gasteiger charge is 2.47. The second-order valence-corrected chi connectivity index (χ2v) is 7.92. The van der Waals surface area contributed by atoms with Crippen LogP contribution in [0.4, 0.5) is 4.39 Å². The largest absolute Gasteiger partial charge is 0.334 e. The zero-order chi connectivity index (χ0) is 21.4. The first-order chi connectivity index (χ1) is 14.4. The van der Waals surface area contributed by atoms with Crippen molar-refractivity contribution in [2.75, 3.05) is 26.7 Å². The molecule has 2 aromatic carbocycles. The van der Waals surface area contributed by atoms with E-state index in [2.05, 4.69) is 0 Å². The average Bonchev–Trinajstić information content (AvgIpc) is 2.77. The molecule has 6 nitrogen and oxygen atoms in total. The molecule has 2 aliphatic rings. The molecule has 4 rings (SSSR count). The second kappa shape index (κ2) is 7.89. The number of fused-ring (bicyclic) bond motifs is 1. The van der Waals surface area contributed by atoms with Crippen LogP contribution in [0.25, 0.3) is 0 Å². The first kappa shape index (κ1) is 20.1. The Kier molecular flexibility index (Phi) is 5.28. The number of carbonyl (C=O) groups excluding carboxylic acids is 3. The lowest BCUT2D eigenvalue weighted by Crippen LogP contribution is -2.70. The number of hydrogen-bond donors (Lipinski definition) is 0. The van der Waals surface area contributed by atoms with Crippen molar-refractivity contribution in [3.8, 4) is 0 Å². The maximum Gasteiger partial charge on any atom is 0.254 e. The fourth-order valence-corrected chi connectivity index (χ4v) is 4.16. The molecule has 2 heterocycles. The lowest BCUT2D eigenvalue weighted by molar-refractivity contribution is -0.163. The quantitative estimate of drug-likeness (QED) is 0.778. The minimum absolute atomic E-state index is 0.0977. The van der Waals surface area contributed by atoms with Gasteiger partial charge >= 0.3 is 0 Å². The minimum Gasteiger partial charge on any atom is -0.334 e. The fraction of sp³-hybridized carbons (Fsp3) is 0.348. The maximum atomic E-state index is 13.9. The van der Waals surface area contributed by atoms with Gasteiger partial charge in [0, 0.05) is 32.1 Å². The average molecular weight is 409 g/mol. The SMILES string of the molecule is Cc1ccc(C(=O)N2CCN3C(=O)[C@H](Cc4ccccc4)N(C)C(=O)[C@H]3C2)cc1F. The number of piperazine rings is 2. The van der Waals surface area contributed by atoms with Crippen LogP contribution in [0.1, 0.15) is 21.5 Å². The number of rotatable bonds is 3. The summed E-state index contributed by atoms with van der Waals surface area (Å²) in [6.45, 7) is 2.34. The highest BCUT2D eigenvalue weighted by molar-refractivity contribution is 5.99. The van der Waals surface area contributed by atoms with Crippen LogP contribution in [0.2, 0.25) is 0 Å². The third-order valence-electron chi connectivity index (χ3n) is 6.03. The molecule has 156 valence electrons. The molecule has 0 aliphatic carbocycles. The molecule has 7 heteroatoms. The predicted molar refractivity (Wildman–Crippen MR) is 109 cm³/mol. The van der Waals surface area contributed by atoms with E-state index < -0.39 is 17.9 Å². The Morgan fingerprint density at radius 3 is 2.50 bits per heavy atom. The molecule has 30 heavy (non-hydrogen) atoms. The minimum atomic E-state index is -0.706. The van der Waals surface area contributed by atoms with E-state index in [4.69, 9.17) is 0 Å². The van der Waals surface area contributed by atoms with Crippen molar-refractivity contribution >= 4 is 17.7 Å². The van der Waals surface area contributed by atoms with E-state index in [1.165, 1.54) is 15.9 Å². The zero-order valence-corrected chi connectivity index (χ0v) is 17.0. The number of nitrogens with zero attached hydrogens (tertiary/aromatic N) is 3. The summed E-state index contributed by atoms with van der Waals surface area (Å²) in [6.07, 6.45) is 0.455. The highest BCUT2D eigenvalue weighted by Crippen LogP contribution is 2.24. The Bertz CT molecular complexity index is 994. The molecule has 2 atom stereocenters. The summed E-state index contributed by atoms with van der Waals surface area (Å²) in [4.78, 5) is 43.6. The first-order valence-corrected chi connectivity index (χ1v) is 10.0. The van der Waals surface area contributed by atoms with Gasteiger partial charge in [-0.1, -0.05) is 36.4 Å². The first-order valence-electron chi connectivity index (χ1n) is 10.0. The van der Waals surface area contributed by atoms with Crippen LogP contribution in [0, 0.1) is 12.7 Å². The molecule has 2 aromatic rings. The Labute approximate surface area is 174 Å². The lowest BCUT2D eigenvalue weighted by atomic mass is 9.96. The summed E-state index contributed by atoms with van der Waals surface area (Å²) in [5.41, 5.74) is 1.70. The Morgan fingerprint density at radius 1 is 1.07 bits per heavy atom. The molecular weight excluding hydrogens is 385 g/mol. The number of hydrogen-bond acceptors (Lipinski definition) is 3. The number of benzene rings is 2. The van der Waals surface area contributed by atoms with E-state index in [0.717, 1.165) is 5.56 Å². The van der Waals surface area contributed by atoms with Gasteiger partial charge in [0.05, 0.1) is 6.54 Å². The standard InChI is InChI=1S/C23H24FN3O3/c1-15-8-9-17(13-18(15)24)21(28)26-10-11-27-20(14-26)22(29)25(2)19(23(27)30)12-16-6-4-3-5-7-16/h3-9,13,19-20H,10-12,14H2,1-2H3/t19-,20+/m0/s1. The van der Waals surface area contributed by atoms with E-state index in [-0.39, 0.29) is 36.4 Å². The van der Waals surface area contributed by atoms with Gasteiger partial charge in [-0.15, -0.1) is 0 Å². The van der Waals surface area contributed by atoms with E-state index in [1.807, 2.05) is 30.3 Å². The van der Waals surface area contributed by atoms with Gasteiger partial charge < -0.3 is 14.7 Å². The summed E-state index contributed by atoms with van der Waals surface area (Å²) in [5, 5.41) is 0. The van der Waals surface area contributed by atoms with Gasteiger partial charge in [0.2, 0.25) is 11.8 Å².